The first-order valence-corrected chi connectivity index (χ1v) is 4.65. The summed E-state index contributed by atoms with van der Waals surface area (Å²) >= 11 is 1.74. The SMILES string of the molecule is C#CCC(=O)C1CSCCO1. The van der Waals surface area contributed by atoms with Crippen LogP contribution in [0.5, 0.6) is 0 Å². The molecule has 0 aromatic carbocycles. The monoisotopic (exact) mass is 170 g/mol. The molecule has 1 saturated heterocycles. The highest BCUT2D eigenvalue weighted by Crippen LogP contribution is 2.13. The Morgan fingerprint density at radius 1 is 1.82 bits per heavy atom. The summed E-state index contributed by atoms with van der Waals surface area (Å²) in [5.41, 5.74) is 0. The minimum Gasteiger partial charge on any atom is -0.369 e. The van der Waals surface area contributed by atoms with Crippen molar-refractivity contribution in [3.05, 3.63) is 0 Å². The number of Topliss-reactive ketones (excluding diaryl/α,β-unsaturated/α-hetero) is 1. The molecule has 0 amide bonds. The van der Waals surface area contributed by atoms with Gasteiger partial charge in [0.15, 0.2) is 5.78 Å². The van der Waals surface area contributed by atoms with Gasteiger partial charge in [0.25, 0.3) is 0 Å². The fourth-order valence-corrected chi connectivity index (χ4v) is 1.77. The molecule has 0 aromatic rings. The Bertz CT molecular complexity index is 177. The van der Waals surface area contributed by atoms with Gasteiger partial charge in [0.1, 0.15) is 6.10 Å². The van der Waals surface area contributed by atoms with Crippen molar-refractivity contribution in [3.63, 3.8) is 0 Å². The van der Waals surface area contributed by atoms with Gasteiger partial charge < -0.3 is 4.74 Å². The molecule has 0 spiro atoms. The van der Waals surface area contributed by atoms with Gasteiger partial charge in [0.2, 0.25) is 0 Å². The van der Waals surface area contributed by atoms with Crippen molar-refractivity contribution in [1.29, 1.82) is 0 Å². The lowest BCUT2D eigenvalue weighted by molar-refractivity contribution is -0.128. The van der Waals surface area contributed by atoms with Crippen LogP contribution in [-0.2, 0) is 9.53 Å². The van der Waals surface area contributed by atoms with Gasteiger partial charge in [-0.3, -0.25) is 4.79 Å². The number of ketones is 1. The Morgan fingerprint density at radius 2 is 2.64 bits per heavy atom. The van der Waals surface area contributed by atoms with Crippen molar-refractivity contribution >= 4 is 17.5 Å². The smallest absolute Gasteiger partial charge is 0.174 e. The van der Waals surface area contributed by atoms with Gasteiger partial charge in [-0.2, -0.15) is 11.8 Å². The molecule has 1 aliphatic heterocycles. The van der Waals surface area contributed by atoms with Crippen LogP contribution >= 0.6 is 11.8 Å². The molecule has 1 unspecified atom stereocenters. The molecule has 0 N–H and O–H groups in total. The van der Waals surface area contributed by atoms with Gasteiger partial charge in [0, 0.05) is 11.5 Å². The van der Waals surface area contributed by atoms with Crippen LogP contribution in [0.1, 0.15) is 6.42 Å². The standard InChI is InChI=1S/C8H10O2S/c1-2-3-7(9)8-6-11-5-4-10-8/h1,8H,3-6H2. The van der Waals surface area contributed by atoms with E-state index in [1.165, 1.54) is 0 Å². The van der Waals surface area contributed by atoms with Crippen molar-refractivity contribution in [2.24, 2.45) is 0 Å². The fraction of sp³-hybridized carbons (Fsp3) is 0.625. The van der Waals surface area contributed by atoms with E-state index in [1.807, 2.05) is 0 Å². The molecular formula is C8H10O2S. The third kappa shape index (κ3) is 2.57. The summed E-state index contributed by atoms with van der Waals surface area (Å²) in [4.78, 5) is 11.1. The number of hydrogen-bond acceptors (Lipinski definition) is 3. The second-order valence-corrected chi connectivity index (χ2v) is 3.43. The third-order valence-corrected chi connectivity index (χ3v) is 2.45. The van der Waals surface area contributed by atoms with Crippen LogP contribution in [0.4, 0.5) is 0 Å². The quantitative estimate of drug-likeness (QED) is 0.571. The largest absolute Gasteiger partial charge is 0.369 e. The first kappa shape index (κ1) is 8.63. The van der Waals surface area contributed by atoms with E-state index in [0.717, 1.165) is 11.5 Å². The normalized spacial score (nSPS) is 24.1. The van der Waals surface area contributed by atoms with Crippen LogP contribution in [0.2, 0.25) is 0 Å². The molecular weight excluding hydrogens is 160 g/mol. The zero-order chi connectivity index (χ0) is 8.10. The summed E-state index contributed by atoms with van der Waals surface area (Å²) in [7, 11) is 0. The summed E-state index contributed by atoms with van der Waals surface area (Å²) in [6.07, 6.45) is 4.96. The minimum absolute atomic E-state index is 0.0414. The number of terminal acetylenes is 1. The maximum absolute atomic E-state index is 11.1. The molecule has 0 aromatic heterocycles. The molecule has 1 heterocycles. The summed E-state index contributed by atoms with van der Waals surface area (Å²) in [6, 6.07) is 0. The predicted octanol–water partition coefficient (Wildman–Crippen LogP) is 0.711. The van der Waals surface area contributed by atoms with Crippen LogP contribution in [0.25, 0.3) is 0 Å². The lowest BCUT2D eigenvalue weighted by Crippen LogP contribution is -2.31. The molecule has 1 rings (SSSR count). The van der Waals surface area contributed by atoms with Gasteiger partial charge in [-0.05, 0) is 0 Å². The summed E-state index contributed by atoms with van der Waals surface area (Å²) in [6.45, 7) is 0.672. The maximum Gasteiger partial charge on any atom is 0.174 e. The summed E-state index contributed by atoms with van der Waals surface area (Å²) in [5, 5.41) is 0. The third-order valence-electron chi connectivity index (χ3n) is 1.45. The highest BCUT2D eigenvalue weighted by atomic mass is 32.2. The summed E-state index contributed by atoms with van der Waals surface area (Å²) in [5.74, 6) is 4.12. The van der Waals surface area contributed by atoms with Gasteiger partial charge in [-0.15, -0.1) is 6.42 Å². The Balaban J connectivity index is 2.34. The van der Waals surface area contributed by atoms with Gasteiger partial charge >= 0.3 is 0 Å². The zero-order valence-corrected chi connectivity index (χ0v) is 7.02. The molecule has 11 heavy (non-hydrogen) atoms. The highest BCUT2D eigenvalue weighted by Gasteiger charge is 2.20. The van der Waals surface area contributed by atoms with Crippen LogP contribution < -0.4 is 0 Å². The Labute approximate surface area is 70.7 Å². The molecule has 60 valence electrons. The zero-order valence-electron chi connectivity index (χ0n) is 6.21. The van der Waals surface area contributed by atoms with Crippen molar-refractivity contribution in [2.75, 3.05) is 18.1 Å². The second-order valence-electron chi connectivity index (χ2n) is 2.28. The molecule has 1 aliphatic rings. The van der Waals surface area contributed by atoms with Crippen molar-refractivity contribution in [3.8, 4) is 12.3 Å². The van der Waals surface area contributed by atoms with E-state index in [1.54, 1.807) is 11.8 Å². The van der Waals surface area contributed by atoms with Crippen molar-refractivity contribution in [1.82, 2.24) is 0 Å². The van der Waals surface area contributed by atoms with E-state index >= 15 is 0 Å². The Morgan fingerprint density at radius 3 is 3.18 bits per heavy atom. The molecule has 3 heteroatoms. The van der Waals surface area contributed by atoms with Crippen LogP contribution in [0.15, 0.2) is 0 Å². The topological polar surface area (TPSA) is 26.3 Å². The first-order valence-electron chi connectivity index (χ1n) is 3.50. The average Bonchev–Trinajstić information content (AvgIpc) is 2.07. The van der Waals surface area contributed by atoms with Gasteiger partial charge in [0.05, 0.1) is 13.0 Å². The van der Waals surface area contributed by atoms with E-state index < -0.39 is 0 Å². The number of ether oxygens (including phenoxy) is 1. The lowest BCUT2D eigenvalue weighted by atomic mass is 10.2. The van der Waals surface area contributed by atoms with Gasteiger partial charge in [-0.1, -0.05) is 5.92 Å². The van der Waals surface area contributed by atoms with E-state index in [4.69, 9.17) is 11.2 Å². The molecule has 2 nitrogen and oxygen atoms in total. The fourth-order valence-electron chi connectivity index (χ4n) is 0.888. The number of hydrogen-bond donors (Lipinski definition) is 0. The average molecular weight is 170 g/mol. The van der Waals surface area contributed by atoms with Crippen LogP contribution in [-0.4, -0.2) is 30.0 Å². The number of rotatable bonds is 2. The molecule has 0 saturated carbocycles. The number of carbonyl (C=O) groups excluding carboxylic acids is 1. The van der Waals surface area contributed by atoms with E-state index in [9.17, 15) is 4.79 Å². The Kier molecular flexibility index (Phi) is 3.47. The highest BCUT2D eigenvalue weighted by molar-refractivity contribution is 7.99. The van der Waals surface area contributed by atoms with E-state index in [-0.39, 0.29) is 18.3 Å². The van der Waals surface area contributed by atoms with Crippen molar-refractivity contribution in [2.45, 2.75) is 12.5 Å². The minimum atomic E-state index is -0.246. The first-order chi connectivity index (χ1) is 5.34. The van der Waals surface area contributed by atoms with E-state index in [0.29, 0.717) is 6.61 Å². The van der Waals surface area contributed by atoms with Gasteiger partial charge in [-0.25, -0.2) is 0 Å². The number of carbonyl (C=O) groups is 1. The molecule has 0 radical (unpaired) electrons. The lowest BCUT2D eigenvalue weighted by Gasteiger charge is -2.19. The summed E-state index contributed by atoms with van der Waals surface area (Å²) < 4.78 is 5.23. The maximum atomic E-state index is 11.1. The molecule has 1 fully saturated rings. The van der Waals surface area contributed by atoms with Crippen molar-refractivity contribution < 1.29 is 9.53 Å². The second kappa shape index (κ2) is 4.42. The molecule has 0 bridgehead atoms. The number of thioether (sulfide) groups is 1. The Hall–Kier alpha value is -0.460. The molecule has 1 atom stereocenters. The van der Waals surface area contributed by atoms with E-state index in [2.05, 4.69) is 5.92 Å². The molecule has 0 aliphatic carbocycles. The van der Waals surface area contributed by atoms with Crippen LogP contribution in [0, 0.1) is 12.3 Å². The van der Waals surface area contributed by atoms with Crippen LogP contribution in [0.3, 0.4) is 0 Å². The predicted molar refractivity (Wildman–Crippen MR) is 45.5 cm³/mol.